The van der Waals surface area contributed by atoms with Crippen molar-refractivity contribution in [2.45, 2.75) is 52.1 Å². The Balaban J connectivity index is 1.81. The van der Waals surface area contributed by atoms with Gasteiger partial charge in [-0.1, -0.05) is 32.8 Å². The van der Waals surface area contributed by atoms with Gasteiger partial charge in [0.1, 0.15) is 5.82 Å². The minimum atomic E-state index is 0.743. The topological polar surface area (TPSA) is 37.0 Å². The summed E-state index contributed by atoms with van der Waals surface area (Å²) in [7, 11) is 0. The highest BCUT2D eigenvalue weighted by Gasteiger charge is 2.20. The zero-order chi connectivity index (χ0) is 12.8. The molecular weight excluding hydrogens is 222 g/mol. The second-order valence-electron chi connectivity index (χ2n) is 5.23. The highest BCUT2D eigenvalue weighted by atomic mass is 15.0. The van der Waals surface area contributed by atoms with Crippen LogP contribution in [0, 0.1) is 5.92 Å². The highest BCUT2D eigenvalue weighted by molar-refractivity contribution is 5.35. The largest absolute Gasteiger partial charge is 0.370 e. The Kier molecular flexibility index (Phi) is 5.00. The van der Waals surface area contributed by atoms with Gasteiger partial charge in [0.25, 0.3) is 0 Å². The molecule has 0 saturated heterocycles. The molecule has 0 unspecified atom stereocenters. The summed E-state index contributed by atoms with van der Waals surface area (Å²) >= 11 is 0. The normalized spacial score (nSPS) is 15.1. The number of nitrogens with one attached hydrogen (secondary N) is 2. The maximum atomic E-state index is 4.64. The monoisotopic (exact) mass is 247 g/mol. The van der Waals surface area contributed by atoms with Crippen LogP contribution in [0.3, 0.4) is 0 Å². The number of aromatic nitrogens is 1. The number of nitrogens with zero attached hydrogens (tertiary/aromatic N) is 1. The van der Waals surface area contributed by atoms with Crippen LogP contribution in [0.4, 0.5) is 5.82 Å². The van der Waals surface area contributed by atoms with Crippen molar-refractivity contribution in [3.8, 4) is 0 Å². The first-order valence-electron chi connectivity index (χ1n) is 7.25. The fourth-order valence-corrected chi connectivity index (χ4v) is 2.04. The third-order valence-electron chi connectivity index (χ3n) is 3.68. The Bertz CT molecular complexity index is 357. The van der Waals surface area contributed by atoms with Crippen LogP contribution in [0.1, 0.15) is 45.2 Å². The summed E-state index contributed by atoms with van der Waals surface area (Å²) in [4.78, 5) is 4.64. The molecule has 18 heavy (non-hydrogen) atoms. The van der Waals surface area contributed by atoms with E-state index in [2.05, 4.69) is 47.7 Å². The summed E-state index contributed by atoms with van der Waals surface area (Å²) in [6.07, 6.45) is 5.11. The molecule has 0 atom stereocenters. The van der Waals surface area contributed by atoms with E-state index in [1.54, 1.807) is 0 Å². The van der Waals surface area contributed by atoms with E-state index in [4.69, 9.17) is 0 Å². The molecule has 1 aromatic rings. The smallest absolute Gasteiger partial charge is 0.126 e. The zero-order valence-electron chi connectivity index (χ0n) is 11.6. The lowest BCUT2D eigenvalue weighted by atomic mass is 10.0. The van der Waals surface area contributed by atoms with Crippen molar-refractivity contribution in [2.75, 3.05) is 11.9 Å². The van der Waals surface area contributed by atoms with Gasteiger partial charge in [-0.05, 0) is 30.9 Å². The Labute approximate surface area is 110 Å². The summed E-state index contributed by atoms with van der Waals surface area (Å²) in [6.45, 7) is 6.42. The van der Waals surface area contributed by atoms with Gasteiger partial charge in [-0.15, -0.1) is 0 Å². The van der Waals surface area contributed by atoms with Crippen LogP contribution in [0.5, 0.6) is 0 Å². The first-order valence-corrected chi connectivity index (χ1v) is 7.25. The lowest BCUT2D eigenvalue weighted by Crippen LogP contribution is -2.17. The molecule has 0 bridgehead atoms. The van der Waals surface area contributed by atoms with Gasteiger partial charge < -0.3 is 10.6 Å². The quantitative estimate of drug-likeness (QED) is 0.741. The molecule has 2 N–H and O–H groups in total. The van der Waals surface area contributed by atoms with E-state index in [0.29, 0.717) is 0 Å². The van der Waals surface area contributed by atoms with Crippen molar-refractivity contribution in [1.82, 2.24) is 10.3 Å². The van der Waals surface area contributed by atoms with Crippen molar-refractivity contribution >= 4 is 5.82 Å². The van der Waals surface area contributed by atoms with E-state index in [0.717, 1.165) is 36.6 Å². The molecule has 1 aliphatic rings. The number of hydrogen-bond acceptors (Lipinski definition) is 3. The average Bonchev–Trinajstić information content (AvgIpc) is 3.22. The van der Waals surface area contributed by atoms with Gasteiger partial charge in [0.2, 0.25) is 0 Å². The molecular formula is C15H25N3. The van der Waals surface area contributed by atoms with E-state index in [1.165, 1.54) is 25.7 Å². The predicted octanol–water partition coefficient (Wildman–Crippen LogP) is 3.18. The molecule has 1 aliphatic carbocycles. The minimum absolute atomic E-state index is 0.743. The number of hydrogen-bond donors (Lipinski definition) is 2. The van der Waals surface area contributed by atoms with Crippen LogP contribution < -0.4 is 10.6 Å². The van der Waals surface area contributed by atoms with Crippen LogP contribution in [0.25, 0.3) is 0 Å². The number of pyridine rings is 1. The Morgan fingerprint density at radius 2 is 2.06 bits per heavy atom. The van der Waals surface area contributed by atoms with Crippen LogP contribution in [-0.4, -0.2) is 17.6 Å². The molecule has 0 spiro atoms. The lowest BCUT2D eigenvalue weighted by molar-refractivity contribution is 0.518. The summed E-state index contributed by atoms with van der Waals surface area (Å²) < 4.78 is 0. The van der Waals surface area contributed by atoms with Gasteiger partial charge in [-0.2, -0.15) is 0 Å². The third-order valence-corrected chi connectivity index (χ3v) is 3.68. The molecule has 100 valence electrons. The SMILES string of the molecule is CCC(CC)CNc1cccc(CNC2CC2)n1. The standard InChI is InChI=1S/C15H25N3/c1-3-12(4-2)10-17-15-7-5-6-14(18-15)11-16-13-8-9-13/h5-7,12-13,16H,3-4,8-11H2,1-2H3,(H,17,18). The highest BCUT2D eigenvalue weighted by Crippen LogP contribution is 2.19. The molecule has 1 aromatic heterocycles. The second kappa shape index (κ2) is 6.74. The fraction of sp³-hybridized carbons (Fsp3) is 0.667. The minimum Gasteiger partial charge on any atom is -0.370 e. The van der Waals surface area contributed by atoms with Crippen molar-refractivity contribution in [2.24, 2.45) is 5.92 Å². The maximum Gasteiger partial charge on any atom is 0.126 e. The van der Waals surface area contributed by atoms with E-state index in [-0.39, 0.29) is 0 Å². The van der Waals surface area contributed by atoms with E-state index >= 15 is 0 Å². The number of rotatable bonds is 8. The van der Waals surface area contributed by atoms with Crippen molar-refractivity contribution in [3.05, 3.63) is 23.9 Å². The van der Waals surface area contributed by atoms with Gasteiger partial charge in [0.05, 0.1) is 5.69 Å². The van der Waals surface area contributed by atoms with Gasteiger partial charge in [0.15, 0.2) is 0 Å². The molecule has 0 radical (unpaired) electrons. The van der Waals surface area contributed by atoms with Crippen molar-refractivity contribution in [3.63, 3.8) is 0 Å². The molecule has 3 nitrogen and oxygen atoms in total. The Morgan fingerprint density at radius 1 is 1.28 bits per heavy atom. The summed E-state index contributed by atoms with van der Waals surface area (Å²) in [5, 5.41) is 6.95. The van der Waals surface area contributed by atoms with Crippen LogP contribution in [0.15, 0.2) is 18.2 Å². The second-order valence-corrected chi connectivity index (χ2v) is 5.23. The van der Waals surface area contributed by atoms with Gasteiger partial charge in [-0.3, -0.25) is 0 Å². The molecule has 1 heterocycles. The van der Waals surface area contributed by atoms with E-state index < -0.39 is 0 Å². The molecule has 1 fully saturated rings. The third kappa shape index (κ3) is 4.30. The summed E-state index contributed by atoms with van der Waals surface area (Å²) in [5.74, 6) is 1.76. The van der Waals surface area contributed by atoms with Gasteiger partial charge >= 0.3 is 0 Å². The molecule has 0 aromatic carbocycles. The molecule has 2 rings (SSSR count). The summed E-state index contributed by atoms with van der Waals surface area (Å²) in [6, 6.07) is 6.99. The van der Waals surface area contributed by atoms with Crippen molar-refractivity contribution < 1.29 is 0 Å². The fourth-order valence-electron chi connectivity index (χ4n) is 2.04. The summed E-state index contributed by atoms with van der Waals surface area (Å²) in [5.41, 5.74) is 1.14. The lowest BCUT2D eigenvalue weighted by Gasteiger charge is -2.14. The number of anilines is 1. The maximum absolute atomic E-state index is 4.64. The van der Waals surface area contributed by atoms with Crippen LogP contribution in [0.2, 0.25) is 0 Å². The van der Waals surface area contributed by atoms with E-state index in [1.807, 2.05) is 0 Å². The van der Waals surface area contributed by atoms with Crippen LogP contribution >= 0.6 is 0 Å². The average molecular weight is 247 g/mol. The molecule has 3 heteroatoms. The van der Waals surface area contributed by atoms with Gasteiger partial charge in [0, 0.05) is 19.1 Å². The zero-order valence-corrected chi connectivity index (χ0v) is 11.6. The predicted molar refractivity (Wildman–Crippen MR) is 76.7 cm³/mol. The first kappa shape index (κ1) is 13.3. The molecule has 0 amide bonds. The van der Waals surface area contributed by atoms with Gasteiger partial charge in [-0.25, -0.2) is 4.98 Å². The van der Waals surface area contributed by atoms with E-state index in [9.17, 15) is 0 Å². The molecule has 0 aliphatic heterocycles. The van der Waals surface area contributed by atoms with Crippen molar-refractivity contribution in [1.29, 1.82) is 0 Å². The molecule has 1 saturated carbocycles. The first-order chi connectivity index (χ1) is 8.81. The van der Waals surface area contributed by atoms with Crippen LogP contribution in [-0.2, 0) is 6.54 Å². The Morgan fingerprint density at radius 3 is 2.72 bits per heavy atom. The Hall–Kier alpha value is -1.09.